The number of pyridine rings is 1. The van der Waals surface area contributed by atoms with Crippen molar-refractivity contribution in [2.45, 2.75) is 5.22 Å². The Morgan fingerprint density at radius 1 is 1.17 bits per heavy atom. The molecule has 2 amide bonds. The van der Waals surface area contributed by atoms with Crippen LogP contribution in [0.2, 0.25) is 0 Å². The van der Waals surface area contributed by atoms with Gasteiger partial charge in [-0.15, -0.1) is 10.2 Å². The number of carbonyl (C=O) groups excluding carboxylic acids is 2. The summed E-state index contributed by atoms with van der Waals surface area (Å²) in [4.78, 5) is 27.1. The predicted octanol–water partition coefficient (Wildman–Crippen LogP) is 3.63. The number of imide groups is 1. The molecule has 0 aliphatic carbocycles. The molecule has 1 saturated heterocycles. The van der Waals surface area contributed by atoms with Gasteiger partial charge in [0.1, 0.15) is 5.75 Å². The number of hydrogen-bond donors (Lipinski definition) is 1. The lowest BCUT2D eigenvalue weighted by Crippen LogP contribution is -2.17. The molecule has 0 spiro atoms. The molecule has 0 radical (unpaired) electrons. The molecule has 146 valence electrons. The largest absolute Gasteiger partial charge is 0.493 e. The number of carbonyl (C=O) groups is 2. The van der Waals surface area contributed by atoms with Crippen molar-refractivity contribution in [2.24, 2.45) is 0 Å². The zero-order valence-electron chi connectivity index (χ0n) is 14.9. The van der Waals surface area contributed by atoms with Crippen molar-refractivity contribution in [1.29, 1.82) is 0 Å². The summed E-state index contributed by atoms with van der Waals surface area (Å²) in [6.07, 6.45) is 5.02. The third-order valence-electron chi connectivity index (χ3n) is 3.71. The van der Waals surface area contributed by atoms with Gasteiger partial charge in [-0.25, -0.2) is 0 Å². The molecule has 2 aromatic heterocycles. The minimum atomic E-state index is -0.370. The number of benzene rings is 1. The quantitative estimate of drug-likeness (QED) is 0.344. The Labute approximate surface area is 174 Å². The maximum Gasteiger partial charge on any atom is 0.290 e. The van der Waals surface area contributed by atoms with Crippen molar-refractivity contribution in [1.82, 2.24) is 20.5 Å². The van der Waals surface area contributed by atoms with Gasteiger partial charge in [-0.1, -0.05) is 23.9 Å². The predicted molar refractivity (Wildman–Crippen MR) is 109 cm³/mol. The van der Waals surface area contributed by atoms with Crippen LogP contribution in [-0.2, 0) is 4.79 Å². The number of nitrogens with zero attached hydrogens (tertiary/aromatic N) is 3. The van der Waals surface area contributed by atoms with Gasteiger partial charge in [0.15, 0.2) is 0 Å². The van der Waals surface area contributed by atoms with Gasteiger partial charge < -0.3 is 9.15 Å². The zero-order valence-corrected chi connectivity index (χ0v) is 16.5. The molecule has 3 aromatic rings. The molecule has 1 aliphatic heterocycles. The molecule has 10 heteroatoms. The zero-order chi connectivity index (χ0) is 20.1. The molecule has 1 aromatic carbocycles. The number of thioether (sulfide) groups is 2. The van der Waals surface area contributed by atoms with Gasteiger partial charge in [0, 0.05) is 18.1 Å². The molecule has 1 fully saturated rings. The summed E-state index contributed by atoms with van der Waals surface area (Å²) in [5.41, 5.74) is 1.59. The van der Waals surface area contributed by atoms with Crippen LogP contribution in [0.4, 0.5) is 4.79 Å². The Bertz CT molecular complexity index is 1050. The first-order valence-electron chi connectivity index (χ1n) is 8.52. The van der Waals surface area contributed by atoms with Crippen LogP contribution in [0, 0.1) is 0 Å². The van der Waals surface area contributed by atoms with E-state index in [1.807, 2.05) is 36.4 Å². The molecule has 4 rings (SSSR count). The van der Waals surface area contributed by atoms with Gasteiger partial charge in [-0.2, -0.15) is 0 Å². The first-order chi connectivity index (χ1) is 14.2. The average molecular weight is 426 g/mol. The standard InChI is InChI=1S/C19H14N4O4S2/c24-16-15(29-18(25)21-16)10-12-3-5-14(6-4-12)26-8-9-28-19-23-22-17(27-19)13-2-1-7-20-11-13/h1-7,10-11H,8-9H2,(H,21,24,25)/b15-10+. The van der Waals surface area contributed by atoms with Gasteiger partial charge in [-0.3, -0.25) is 19.9 Å². The van der Waals surface area contributed by atoms with Crippen LogP contribution in [0.5, 0.6) is 5.75 Å². The van der Waals surface area contributed by atoms with Crippen molar-refractivity contribution in [3.63, 3.8) is 0 Å². The van der Waals surface area contributed by atoms with E-state index in [-0.39, 0.29) is 11.1 Å². The molecule has 1 N–H and O–H groups in total. The van der Waals surface area contributed by atoms with Gasteiger partial charge in [0.25, 0.3) is 16.4 Å². The molecule has 0 atom stereocenters. The second-order valence-corrected chi connectivity index (χ2v) is 7.79. The van der Waals surface area contributed by atoms with Crippen LogP contribution in [-0.4, -0.2) is 38.7 Å². The van der Waals surface area contributed by atoms with E-state index in [1.54, 1.807) is 18.5 Å². The average Bonchev–Trinajstić information content (AvgIpc) is 3.33. The van der Waals surface area contributed by atoms with Gasteiger partial charge in [0.05, 0.1) is 17.1 Å². The van der Waals surface area contributed by atoms with Crippen molar-refractivity contribution in [2.75, 3.05) is 12.4 Å². The highest BCUT2D eigenvalue weighted by molar-refractivity contribution is 8.18. The van der Waals surface area contributed by atoms with E-state index in [0.29, 0.717) is 34.1 Å². The summed E-state index contributed by atoms with van der Waals surface area (Å²) >= 11 is 2.30. The summed E-state index contributed by atoms with van der Waals surface area (Å²) in [6, 6.07) is 10.9. The first-order valence-corrected chi connectivity index (χ1v) is 10.3. The Morgan fingerprint density at radius 3 is 2.76 bits per heavy atom. The van der Waals surface area contributed by atoms with E-state index < -0.39 is 0 Å². The second-order valence-electron chi connectivity index (χ2n) is 5.73. The summed E-state index contributed by atoms with van der Waals surface area (Å²) in [6.45, 7) is 0.461. The summed E-state index contributed by atoms with van der Waals surface area (Å²) in [7, 11) is 0. The molecular weight excluding hydrogens is 412 g/mol. The van der Waals surface area contributed by atoms with Crippen LogP contribution in [0.1, 0.15) is 5.56 Å². The molecule has 0 unspecified atom stereocenters. The summed E-state index contributed by atoms with van der Waals surface area (Å²) in [5, 5.41) is 10.4. The maximum atomic E-state index is 11.6. The molecule has 29 heavy (non-hydrogen) atoms. The van der Waals surface area contributed by atoms with Crippen LogP contribution in [0.3, 0.4) is 0 Å². The fourth-order valence-corrected chi connectivity index (χ4v) is 3.66. The molecule has 0 bridgehead atoms. The van der Waals surface area contributed by atoms with Gasteiger partial charge in [0.2, 0.25) is 5.89 Å². The fraction of sp³-hybridized carbons (Fsp3) is 0.105. The van der Waals surface area contributed by atoms with E-state index in [0.717, 1.165) is 22.9 Å². The van der Waals surface area contributed by atoms with Crippen LogP contribution in [0.25, 0.3) is 17.5 Å². The number of rotatable bonds is 7. The highest BCUT2D eigenvalue weighted by Gasteiger charge is 2.24. The highest BCUT2D eigenvalue weighted by Crippen LogP contribution is 2.26. The summed E-state index contributed by atoms with van der Waals surface area (Å²) < 4.78 is 11.3. The molecular formula is C19H14N4O4S2. The lowest BCUT2D eigenvalue weighted by molar-refractivity contribution is -0.115. The van der Waals surface area contributed by atoms with E-state index in [2.05, 4.69) is 20.5 Å². The Balaban J connectivity index is 1.25. The fourth-order valence-electron chi connectivity index (χ4n) is 2.40. The van der Waals surface area contributed by atoms with Crippen molar-refractivity contribution in [3.8, 4) is 17.2 Å². The van der Waals surface area contributed by atoms with Crippen molar-refractivity contribution >= 4 is 40.7 Å². The lowest BCUT2D eigenvalue weighted by atomic mass is 10.2. The Hall–Kier alpha value is -3.11. The monoisotopic (exact) mass is 426 g/mol. The van der Waals surface area contributed by atoms with Crippen molar-refractivity contribution in [3.05, 3.63) is 59.3 Å². The number of amides is 2. The molecule has 0 saturated carbocycles. The van der Waals surface area contributed by atoms with E-state index in [4.69, 9.17) is 9.15 Å². The smallest absolute Gasteiger partial charge is 0.290 e. The third-order valence-corrected chi connectivity index (χ3v) is 5.31. The normalized spacial score (nSPS) is 15.0. The molecule has 1 aliphatic rings. The maximum absolute atomic E-state index is 11.6. The topological polar surface area (TPSA) is 107 Å². The minimum absolute atomic E-state index is 0.354. The second kappa shape index (κ2) is 8.93. The van der Waals surface area contributed by atoms with E-state index in [9.17, 15) is 9.59 Å². The number of hydrogen-bond acceptors (Lipinski definition) is 9. The van der Waals surface area contributed by atoms with Crippen LogP contribution >= 0.6 is 23.5 Å². The van der Waals surface area contributed by atoms with Crippen LogP contribution < -0.4 is 10.1 Å². The van der Waals surface area contributed by atoms with Crippen molar-refractivity contribution < 1.29 is 18.7 Å². The summed E-state index contributed by atoms with van der Waals surface area (Å²) in [5.74, 6) is 1.40. The lowest BCUT2D eigenvalue weighted by Gasteiger charge is -2.05. The first kappa shape index (κ1) is 19.2. The number of ether oxygens (including phenoxy) is 1. The molecule has 3 heterocycles. The highest BCUT2D eigenvalue weighted by atomic mass is 32.2. The van der Waals surface area contributed by atoms with Gasteiger partial charge in [-0.05, 0) is 47.7 Å². The van der Waals surface area contributed by atoms with E-state index in [1.165, 1.54) is 11.8 Å². The Kier molecular flexibility index (Phi) is 5.92. The molecule has 8 nitrogen and oxygen atoms in total. The minimum Gasteiger partial charge on any atom is -0.493 e. The Morgan fingerprint density at radius 2 is 2.03 bits per heavy atom. The van der Waals surface area contributed by atoms with Gasteiger partial charge >= 0.3 is 0 Å². The van der Waals surface area contributed by atoms with E-state index >= 15 is 0 Å². The third kappa shape index (κ3) is 5.04. The van der Waals surface area contributed by atoms with Crippen LogP contribution in [0.15, 0.2) is 63.3 Å². The SMILES string of the molecule is O=C1NC(=O)/C(=C\c2ccc(OCCSc3nnc(-c4cccnc4)o3)cc2)S1. The number of nitrogens with one attached hydrogen (secondary N) is 1. The number of aromatic nitrogens is 3.